The molecule has 0 atom stereocenters. The molecule has 0 N–H and O–H groups in total. The maximum absolute atomic E-state index is 12.9. The van der Waals surface area contributed by atoms with Gasteiger partial charge in [-0.1, -0.05) is 26.2 Å². The summed E-state index contributed by atoms with van der Waals surface area (Å²) in [6.45, 7) is 7.02. The summed E-state index contributed by atoms with van der Waals surface area (Å²) < 4.78 is 0. The van der Waals surface area contributed by atoms with Gasteiger partial charge in [-0.05, 0) is 44.4 Å². The first kappa shape index (κ1) is 19.4. The van der Waals surface area contributed by atoms with Crippen molar-refractivity contribution in [3.05, 3.63) is 16.1 Å². The van der Waals surface area contributed by atoms with Crippen molar-refractivity contribution in [2.24, 2.45) is 11.8 Å². The summed E-state index contributed by atoms with van der Waals surface area (Å²) in [6.07, 6.45) is 11.4. The lowest BCUT2D eigenvalue weighted by molar-refractivity contribution is -0.138. The van der Waals surface area contributed by atoms with Crippen molar-refractivity contribution in [3.8, 4) is 0 Å². The normalized spacial score (nSPS) is 27.1. The first-order valence-electron chi connectivity index (χ1n) is 11.2. The molecule has 5 heteroatoms. The minimum atomic E-state index is 0.300. The van der Waals surface area contributed by atoms with Gasteiger partial charge in [-0.25, -0.2) is 4.98 Å². The number of amides is 1. The zero-order chi connectivity index (χ0) is 18.6. The van der Waals surface area contributed by atoms with Gasteiger partial charge in [0.15, 0.2) is 0 Å². The molecule has 1 aromatic rings. The van der Waals surface area contributed by atoms with E-state index in [9.17, 15) is 4.79 Å². The molecule has 150 valence electrons. The lowest BCUT2D eigenvalue weighted by Gasteiger charge is -2.37. The first-order valence-corrected chi connectivity index (χ1v) is 12.1. The fourth-order valence-corrected chi connectivity index (χ4v) is 5.65. The molecule has 1 aromatic heterocycles. The van der Waals surface area contributed by atoms with E-state index in [4.69, 9.17) is 4.98 Å². The fourth-order valence-electron chi connectivity index (χ4n) is 4.73. The van der Waals surface area contributed by atoms with Crippen LogP contribution in [0.4, 0.5) is 0 Å². The number of piperazine rings is 1. The van der Waals surface area contributed by atoms with Gasteiger partial charge in [-0.15, -0.1) is 11.3 Å². The molecule has 4 nitrogen and oxygen atoms in total. The second kappa shape index (κ2) is 9.04. The average Bonchev–Trinajstić information content (AvgIpc) is 3.46. The standard InChI is InChI=1S/C22H35N3OS/c1-2-3-4-17-5-7-19(8-6-17)22(26)25-13-11-24(12-14-25)15-21-23-20(16-27-21)18-9-10-18/h16-19H,2-15H2,1H3. The number of unbranched alkanes of at least 4 members (excludes halogenated alkanes) is 1. The van der Waals surface area contributed by atoms with E-state index in [1.54, 1.807) is 0 Å². The quantitative estimate of drug-likeness (QED) is 0.680. The van der Waals surface area contributed by atoms with Gasteiger partial charge < -0.3 is 4.90 Å². The third-order valence-corrected chi connectivity index (χ3v) is 7.62. The number of nitrogens with zero attached hydrogens (tertiary/aromatic N) is 3. The number of thiazole rings is 1. The Bertz CT molecular complexity index is 611. The van der Waals surface area contributed by atoms with E-state index in [0.29, 0.717) is 11.8 Å². The van der Waals surface area contributed by atoms with Crippen LogP contribution in [-0.4, -0.2) is 46.9 Å². The third kappa shape index (κ3) is 5.11. The summed E-state index contributed by atoms with van der Waals surface area (Å²) in [4.78, 5) is 22.4. The summed E-state index contributed by atoms with van der Waals surface area (Å²) in [5, 5.41) is 3.51. The molecule has 27 heavy (non-hydrogen) atoms. The topological polar surface area (TPSA) is 36.4 Å². The van der Waals surface area contributed by atoms with Gasteiger partial charge in [-0.2, -0.15) is 0 Å². The van der Waals surface area contributed by atoms with Gasteiger partial charge in [0.25, 0.3) is 0 Å². The van der Waals surface area contributed by atoms with Crippen LogP contribution in [0.5, 0.6) is 0 Å². The lowest BCUT2D eigenvalue weighted by Crippen LogP contribution is -2.50. The molecule has 3 aliphatic rings. The zero-order valence-electron chi connectivity index (χ0n) is 16.9. The lowest BCUT2D eigenvalue weighted by atomic mass is 9.79. The van der Waals surface area contributed by atoms with Gasteiger partial charge in [-0.3, -0.25) is 9.69 Å². The van der Waals surface area contributed by atoms with E-state index in [-0.39, 0.29) is 0 Å². The van der Waals surface area contributed by atoms with E-state index in [1.807, 2.05) is 11.3 Å². The van der Waals surface area contributed by atoms with Crippen molar-refractivity contribution in [3.63, 3.8) is 0 Å². The van der Waals surface area contributed by atoms with Gasteiger partial charge >= 0.3 is 0 Å². The summed E-state index contributed by atoms with van der Waals surface area (Å²) in [6, 6.07) is 0. The number of carbonyl (C=O) groups is 1. The van der Waals surface area contributed by atoms with Crippen LogP contribution in [0.25, 0.3) is 0 Å². The van der Waals surface area contributed by atoms with E-state index in [2.05, 4.69) is 22.1 Å². The van der Waals surface area contributed by atoms with Crippen LogP contribution in [0, 0.1) is 11.8 Å². The molecule has 2 saturated carbocycles. The van der Waals surface area contributed by atoms with Crippen LogP contribution < -0.4 is 0 Å². The molecule has 2 heterocycles. The van der Waals surface area contributed by atoms with Gasteiger partial charge in [0.2, 0.25) is 5.91 Å². The molecular weight excluding hydrogens is 354 g/mol. The summed E-state index contributed by atoms with van der Waals surface area (Å²) in [5.41, 5.74) is 1.32. The molecule has 1 saturated heterocycles. The molecule has 0 bridgehead atoms. The fraction of sp³-hybridized carbons (Fsp3) is 0.818. The largest absolute Gasteiger partial charge is 0.340 e. The van der Waals surface area contributed by atoms with Gasteiger partial charge in [0.05, 0.1) is 12.2 Å². The van der Waals surface area contributed by atoms with Crippen molar-refractivity contribution >= 4 is 17.2 Å². The number of carbonyl (C=O) groups excluding carboxylic acids is 1. The second-order valence-electron chi connectivity index (χ2n) is 8.90. The Morgan fingerprint density at radius 3 is 2.52 bits per heavy atom. The SMILES string of the molecule is CCCCC1CCC(C(=O)N2CCN(Cc3nc(C4CC4)cs3)CC2)CC1. The molecule has 2 aliphatic carbocycles. The molecule has 0 aromatic carbocycles. The third-order valence-electron chi connectivity index (χ3n) is 6.77. The Balaban J connectivity index is 1.19. The van der Waals surface area contributed by atoms with Crippen molar-refractivity contribution in [2.75, 3.05) is 26.2 Å². The zero-order valence-corrected chi connectivity index (χ0v) is 17.7. The Hall–Kier alpha value is -0.940. The highest BCUT2D eigenvalue weighted by Crippen LogP contribution is 2.40. The summed E-state index contributed by atoms with van der Waals surface area (Å²) >= 11 is 1.81. The predicted molar refractivity (Wildman–Crippen MR) is 111 cm³/mol. The Kier molecular flexibility index (Phi) is 6.49. The minimum Gasteiger partial charge on any atom is -0.340 e. The smallest absolute Gasteiger partial charge is 0.225 e. The average molecular weight is 390 g/mol. The van der Waals surface area contributed by atoms with Crippen molar-refractivity contribution in [1.29, 1.82) is 0 Å². The molecule has 0 radical (unpaired) electrons. The van der Waals surface area contributed by atoms with Crippen LogP contribution in [0.2, 0.25) is 0 Å². The molecule has 4 rings (SSSR count). The summed E-state index contributed by atoms with van der Waals surface area (Å²) in [5.74, 6) is 2.37. The molecule has 1 amide bonds. The van der Waals surface area contributed by atoms with Crippen molar-refractivity contribution < 1.29 is 4.79 Å². The van der Waals surface area contributed by atoms with E-state index in [0.717, 1.165) is 57.4 Å². The van der Waals surface area contributed by atoms with Gasteiger partial charge in [0.1, 0.15) is 5.01 Å². The maximum Gasteiger partial charge on any atom is 0.225 e. The highest BCUT2D eigenvalue weighted by atomic mass is 32.1. The maximum atomic E-state index is 12.9. The molecule has 0 unspecified atom stereocenters. The Labute approximate surface area is 168 Å². The second-order valence-corrected chi connectivity index (χ2v) is 9.84. The number of rotatable bonds is 7. The van der Waals surface area contributed by atoms with E-state index < -0.39 is 0 Å². The Morgan fingerprint density at radius 1 is 1.11 bits per heavy atom. The van der Waals surface area contributed by atoms with Gasteiger partial charge in [0, 0.05) is 43.4 Å². The number of hydrogen-bond acceptors (Lipinski definition) is 4. The van der Waals surface area contributed by atoms with E-state index in [1.165, 1.54) is 55.6 Å². The number of hydrogen-bond donors (Lipinski definition) is 0. The summed E-state index contributed by atoms with van der Waals surface area (Å²) in [7, 11) is 0. The van der Waals surface area contributed by atoms with Crippen LogP contribution in [0.15, 0.2) is 5.38 Å². The van der Waals surface area contributed by atoms with Crippen LogP contribution in [-0.2, 0) is 11.3 Å². The van der Waals surface area contributed by atoms with Crippen molar-refractivity contribution in [1.82, 2.24) is 14.8 Å². The monoisotopic (exact) mass is 389 g/mol. The number of aromatic nitrogens is 1. The van der Waals surface area contributed by atoms with E-state index >= 15 is 0 Å². The van der Waals surface area contributed by atoms with Crippen LogP contribution >= 0.6 is 11.3 Å². The highest BCUT2D eigenvalue weighted by molar-refractivity contribution is 7.09. The van der Waals surface area contributed by atoms with Crippen LogP contribution in [0.3, 0.4) is 0 Å². The van der Waals surface area contributed by atoms with Crippen molar-refractivity contribution in [2.45, 2.75) is 77.2 Å². The molecular formula is C22H35N3OS. The molecule has 3 fully saturated rings. The molecule has 1 aliphatic heterocycles. The molecule has 0 spiro atoms. The first-order chi connectivity index (χ1) is 13.2. The predicted octanol–water partition coefficient (Wildman–Crippen LogP) is 4.66. The minimum absolute atomic E-state index is 0.300. The Morgan fingerprint density at radius 2 is 1.85 bits per heavy atom. The highest BCUT2D eigenvalue weighted by Gasteiger charge is 2.31. The van der Waals surface area contributed by atoms with Crippen LogP contribution in [0.1, 0.15) is 81.3 Å².